The maximum Gasteiger partial charge on any atom is 0.234 e. The molecule has 0 spiro atoms. The second kappa shape index (κ2) is 7.59. The van der Waals surface area contributed by atoms with Crippen LogP contribution in [0.2, 0.25) is 0 Å². The highest BCUT2D eigenvalue weighted by Crippen LogP contribution is 2.20. The zero-order chi connectivity index (χ0) is 15.1. The van der Waals surface area contributed by atoms with E-state index in [0.717, 1.165) is 17.9 Å². The lowest BCUT2D eigenvalue weighted by atomic mass is 10.2. The summed E-state index contributed by atoms with van der Waals surface area (Å²) in [6.45, 7) is 6.22. The van der Waals surface area contributed by atoms with Crippen molar-refractivity contribution < 1.29 is 9.21 Å². The SMILES string of the molecule is CCNC(=O)CN(CC)Cc1ncc(-c2ccccc2)o1. The van der Waals surface area contributed by atoms with Gasteiger partial charge in [-0.25, -0.2) is 4.98 Å². The summed E-state index contributed by atoms with van der Waals surface area (Å²) >= 11 is 0. The monoisotopic (exact) mass is 287 g/mol. The van der Waals surface area contributed by atoms with Crippen LogP contribution in [0.3, 0.4) is 0 Å². The van der Waals surface area contributed by atoms with E-state index in [0.29, 0.717) is 25.5 Å². The molecule has 21 heavy (non-hydrogen) atoms. The normalized spacial score (nSPS) is 10.8. The van der Waals surface area contributed by atoms with E-state index in [1.165, 1.54) is 0 Å². The molecule has 0 radical (unpaired) electrons. The quantitative estimate of drug-likeness (QED) is 0.849. The molecular weight excluding hydrogens is 266 g/mol. The van der Waals surface area contributed by atoms with Gasteiger partial charge in [-0.2, -0.15) is 0 Å². The maximum atomic E-state index is 11.6. The Labute approximate surface area is 125 Å². The van der Waals surface area contributed by atoms with Crippen molar-refractivity contribution in [3.05, 3.63) is 42.4 Å². The molecule has 0 aliphatic heterocycles. The first-order valence-corrected chi connectivity index (χ1v) is 7.22. The van der Waals surface area contributed by atoms with Crippen molar-refractivity contribution in [2.75, 3.05) is 19.6 Å². The van der Waals surface area contributed by atoms with Crippen molar-refractivity contribution in [1.82, 2.24) is 15.2 Å². The van der Waals surface area contributed by atoms with Crippen LogP contribution in [0.4, 0.5) is 0 Å². The average molecular weight is 287 g/mol. The van der Waals surface area contributed by atoms with Gasteiger partial charge in [0.1, 0.15) is 0 Å². The molecule has 0 fully saturated rings. The third-order valence-electron chi connectivity index (χ3n) is 3.16. The number of aromatic nitrogens is 1. The van der Waals surface area contributed by atoms with Gasteiger partial charge in [-0.15, -0.1) is 0 Å². The summed E-state index contributed by atoms with van der Waals surface area (Å²) in [5.74, 6) is 1.40. The van der Waals surface area contributed by atoms with Gasteiger partial charge in [0.25, 0.3) is 0 Å². The Balaban J connectivity index is 1.99. The van der Waals surface area contributed by atoms with Gasteiger partial charge in [0.15, 0.2) is 5.76 Å². The van der Waals surface area contributed by atoms with Crippen molar-refractivity contribution in [3.63, 3.8) is 0 Å². The fraction of sp³-hybridized carbons (Fsp3) is 0.375. The Bertz CT molecular complexity index is 566. The molecular formula is C16H21N3O2. The van der Waals surface area contributed by atoms with Crippen LogP contribution in [0.25, 0.3) is 11.3 Å². The molecule has 0 unspecified atom stereocenters. The molecule has 1 aromatic carbocycles. The lowest BCUT2D eigenvalue weighted by molar-refractivity contribution is -0.122. The minimum Gasteiger partial charge on any atom is -0.439 e. The molecule has 5 nitrogen and oxygen atoms in total. The van der Waals surface area contributed by atoms with Crippen LogP contribution >= 0.6 is 0 Å². The molecule has 2 aromatic rings. The van der Waals surface area contributed by atoms with Crippen LogP contribution in [0.15, 0.2) is 40.9 Å². The predicted molar refractivity (Wildman–Crippen MR) is 81.6 cm³/mol. The van der Waals surface area contributed by atoms with E-state index in [1.54, 1.807) is 6.20 Å². The lowest BCUT2D eigenvalue weighted by Crippen LogP contribution is -2.36. The summed E-state index contributed by atoms with van der Waals surface area (Å²) in [7, 11) is 0. The van der Waals surface area contributed by atoms with E-state index in [4.69, 9.17) is 4.42 Å². The number of nitrogens with zero attached hydrogens (tertiary/aromatic N) is 2. The van der Waals surface area contributed by atoms with Crippen LogP contribution in [-0.4, -0.2) is 35.4 Å². The first kappa shape index (κ1) is 15.3. The molecule has 5 heteroatoms. The Hall–Kier alpha value is -2.14. The summed E-state index contributed by atoms with van der Waals surface area (Å²) in [6.07, 6.45) is 1.73. The molecule has 0 atom stereocenters. The summed E-state index contributed by atoms with van der Waals surface area (Å²) in [5.41, 5.74) is 1.00. The van der Waals surface area contributed by atoms with E-state index in [-0.39, 0.29) is 5.91 Å². The van der Waals surface area contributed by atoms with Crippen molar-refractivity contribution in [2.24, 2.45) is 0 Å². The highest BCUT2D eigenvalue weighted by molar-refractivity contribution is 5.77. The summed E-state index contributed by atoms with van der Waals surface area (Å²) in [4.78, 5) is 17.9. The van der Waals surface area contributed by atoms with Crippen molar-refractivity contribution in [1.29, 1.82) is 0 Å². The standard InChI is InChI=1S/C16H21N3O2/c1-3-17-15(20)11-19(4-2)12-16-18-10-14(21-16)13-8-6-5-7-9-13/h5-10H,3-4,11-12H2,1-2H3,(H,17,20). The molecule has 1 amide bonds. The first-order chi connectivity index (χ1) is 10.2. The molecule has 0 saturated heterocycles. The van der Waals surface area contributed by atoms with Gasteiger partial charge >= 0.3 is 0 Å². The Morgan fingerprint density at radius 3 is 2.71 bits per heavy atom. The number of carbonyl (C=O) groups excluding carboxylic acids is 1. The van der Waals surface area contributed by atoms with E-state index < -0.39 is 0 Å². The van der Waals surface area contributed by atoms with Crippen LogP contribution in [0.1, 0.15) is 19.7 Å². The van der Waals surface area contributed by atoms with Crippen molar-refractivity contribution >= 4 is 5.91 Å². The second-order valence-corrected chi connectivity index (χ2v) is 4.74. The first-order valence-electron chi connectivity index (χ1n) is 7.22. The van der Waals surface area contributed by atoms with Crippen molar-refractivity contribution in [3.8, 4) is 11.3 Å². The highest BCUT2D eigenvalue weighted by atomic mass is 16.4. The van der Waals surface area contributed by atoms with Gasteiger partial charge in [0, 0.05) is 12.1 Å². The Morgan fingerprint density at radius 2 is 2.05 bits per heavy atom. The molecule has 1 heterocycles. The minimum absolute atomic E-state index is 0.0224. The van der Waals surface area contributed by atoms with Crippen molar-refractivity contribution in [2.45, 2.75) is 20.4 Å². The zero-order valence-corrected chi connectivity index (χ0v) is 12.5. The number of oxazole rings is 1. The Morgan fingerprint density at radius 1 is 1.29 bits per heavy atom. The van der Waals surface area contributed by atoms with Crippen LogP contribution in [-0.2, 0) is 11.3 Å². The number of amides is 1. The molecule has 1 N–H and O–H groups in total. The smallest absolute Gasteiger partial charge is 0.234 e. The number of carbonyl (C=O) groups is 1. The van der Waals surface area contributed by atoms with Gasteiger partial charge in [0.05, 0.1) is 19.3 Å². The molecule has 0 aliphatic rings. The summed E-state index contributed by atoms with van der Waals surface area (Å²) in [5, 5.41) is 2.80. The van der Waals surface area contributed by atoms with Gasteiger partial charge in [0.2, 0.25) is 11.8 Å². The zero-order valence-electron chi connectivity index (χ0n) is 12.5. The van der Waals surface area contributed by atoms with Crippen LogP contribution < -0.4 is 5.32 Å². The van der Waals surface area contributed by atoms with Gasteiger partial charge < -0.3 is 9.73 Å². The number of hydrogen-bond donors (Lipinski definition) is 1. The molecule has 0 bridgehead atoms. The van der Waals surface area contributed by atoms with Crippen LogP contribution in [0, 0.1) is 0 Å². The molecule has 2 rings (SSSR count). The van der Waals surface area contributed by atoms with E-state index in [9.17, 15) is 4.79 Å². The molecule has 1 aromatic heterocycles. The second-order valence-electron chi connectivity index (χ2n) is 4.74. The number of likely N-dealkylation sites (N-methyl/N-ethyl adjacent to an activating group) is 2. The summed E-state index contributed by atoms with van der Waals surface area (Å²) < 4.78 is 5.76. The molecule has 0 aliphatic carbocycles. The van der Waals surface area contributed by atoms with E-state index >= 15 is 0 Å². The topological polar surface area (TPSA) is 58.4 Å². The molecule has 112 valence electrons. The van der Waals surface area contributed by atoms with E-state index in [2.05, 4.69) is 10.3 Å². The van der Waals surface area contributed by atoms with Gasteiger partial charge in [-0.1, -0.05) is 37.3 Å². The predicted octanol–water partition coefficient (Wildman–Crippen LogP) is 2.30. The highest BCUT2D eigenvalue weighted by Gasteiger charge is 2.13. The number of hydrogen-bond acceptors (Lipinski definition) is 4. The fourth-order valence-corrected chi connectivity index (χ4v) is 2.05. The van der Waals surface area contributed by atoms with Gasteiger partial charge in [-0.05, 0) is 13.5 Å². The number of nitrogens with one attached hydrogen (secondary N) is 1. The third kappa shape index (κ3) is 4.43. The van der Waals surface area contributed by atoms with Crippen LogP contribution in [0.5, 0.6) is 0 Å². The van der Waals surface area contributed by atoms with Gasteiger partial charge in [-0.3, -0.25) is 9.69 Å². The summed E-state index contributed by atoms with van der Waals surface area (Å²) in [6, 6.07) is 9.86. The number of rotatable bonds is 7. The molecule has 0 saturated carbocycles. The maximum absolute atomic E-state index is 11.6. The Kier molecular flexibility index (Phi) is 5.51. The van der Waals surface area contributed by atoms with E-state index in [1.807, 2.05) is 49.1 Å². The third-order valence-corrected chi connectivity index (χ3v) is 3.16. The minimum atomic E-state index is 0.0224. The lowest BCUT2D eigenvalue weighted by Gasteiger charge is -2.17. The fourth-order valence-electron chi connectivity index (χ4n) is 2.05. The number of benzene rings is 1. The largest absolute Gasteiger partial charge is 0.439 e. The average Bonchev–Trinajstić information content (AvgIpc) is 2.96.